The molecule has 2 saturated carbocycles. The third-order valence-corrected chi connectivity index (χ3v) is 9.29. The Morgan fingerprint density at radius 3 is 2.53 bits per heavy atom. The van der Waals surface area contributed by atoms with E-state index >= 15 is 0 Å². The minimum Gasteiger partial charge on any atom is -0.358 e. The molecule has 6 nitrogen and oxygen atoms in total. The lowest BCUT2D eigenvalue weighted by molar-refractivity contribution is 0.0892. The molecule has 2 N–H and O–H groups in total. The summed E-state index contributed by atoms with van der Waals surface area (Å²) in [6.45, 7) is 10.5. The van der Waals surface area contributed by atoms with Crippen LogP contribution in [0.2, 0.25) is 0 Å². The molecule has 1 heterocycles. The molecule has 2 aliphatic rings. The van der Waals surface area contributed by atoms with Gasteiger partial charge in [0.05, 0.1) is 12.1 Å². The molecule has 1 amide bonds. The second kappa shape index (κ2) is 14.4. The predicted molar refractivity (Wildman–Crippen MR) is 174 cm³/mol. The number of nitrogens with one attached hydrogen (secondary N) is 2. The monoisotopic (exact) mass is 575 g/mol. The number of nitrogens with zero attached hydrogens (tertiary/aromatic N) is 3. The number of anilines is 1. The van der Waals surface area contributed by atoms with E-state index in [0.717, 1.165) is 55.8 Å². The molecule has 6 heteroatoms. The van der Waals surface area contributed by atoms with Crippen LogP contribution in [0.4, 0.5) is 5.69 Å². The Kier molecular flexibility index (Phi) is 10.1. The predicted octanol–water partition coefficient (Wildman–Crippen LogP) is 8.01. The van der Waals surface area contributed by atoms with Gasteiger partial charge in [0.1, 0.15) is 17.5 Å². The second-order valence-corrected chi connectivity index (χ2v) is 12.5. The Morgan fingerprint density at radius 2 is 1.79 bits per heavy atom. The van der Waals surface area contributed by atoms with Crippen molar-refractivity contribution in [3.05, 3.63) is 102 Å². The molecular weight excluding hydrogens is 530 g/mol. The van der Waals surface area contributed by atoms with Gasteiger partial charge in [-0.3, -0.25) is 9.48 Å². The van der Waals surface area contributed by atoms with Gasteiger partial charge in [-0.1, -0.05) is 87.7 Å². The number of nitriles is 1. The molecule has 1 unspecified atom stereocenters. The van der Waals surface area contributed by atoms with Crippen molar-refractivity contribution >= 4 is 17.2 Å². The van der Waals surface area contributed by atoms with Gasteiger partial charge < -0.3 is 10.6 Å². The van der Waals surface area contributed by atoms with Gasteiger partial charge in [0, 0.05) is 17.4 Å². The minimum absolute atomic E-state index is 0.114. The number of benzene rings is 2. The Morgan fingerprint density at radius 1 is 1.00 bits per heavy atom. The maximum Gasteiger partial charge on any atom is 0.269 e. The van der Waals surface area contributed by atoms with Crippen LogP contribution in [0.5, 0.6) is 0 Å². The van der Waals surface area contributed by atoms with Crippen molar-refractivity contribution in [3.63, 3.8) is 0 Å². The number of allylic oxidation sites excluding steroid dienone is 2. The quantitative estimate of drug-likeness (QED) is 0.202. The number of aromatic nitrogens is 2. The van der Waals surface area contributed by atoms with Crippen LogP contribution in [0.3, 0.4) is 0 Å². The summed E-state index contributed by atoms with van der Waals surface area (Å²) in [6, 6.07) is 21.0. The fourth-order valence-electron chi connectivity index (χ4n) is 6.48. The molecule has 224 valence electrons. The lowest BCUT2D eigenvalue weighted by Gasteiger charge is -2.32. The van der Waals surface area contributed by atoms with Crippen LogP contribution in [0.1, 0.15) is 90.7 Å². The Labute approximate surface area is 256 Å². The van der Waals surface area contributed by atoms with Gasteiger partial charge in [-0.25, -0.2) is 0 Å². The number of amides is 1. The highest BCUT2D eigenvalue weighted by atomic mass is 16.2. The molecule has 0 bridgehead atoms. The molecule has 43 heavy (non-hydrogen) atoms. The zero-order chi connectivity index (χ0) is 30.2. The normalized spacial score (nSPS) is 18.3. The van der Waals surface area contributed by atoms with Crippen LogP contribution in [0.15, 0.2) is 73.5 Å². The summed E-state index contributed by atoms with van der Waals surface area (Å²) in [7, 11) is 0. The topological polar surface area (TPSA) is 82.7 Å². The van der Waals surface area contributed by atoms with Crippen LogP contribution in [0, 0.1) is 30.1 Å². The lowest BCUT2D eigenvalue weighted by Crippen LogP contribution is -2.43. The van der Waals surface area contributed by atoms with Gasteiger partial charge in [-0.15, -0.1) is 0 Å². The third kappa shape index (κ3) is 8.04. The highest BCUT2D eigenvalue weighted by Gasteiger charge is 2.28. The summed E-state index contributed by atoms with van der Waals surface area (Å²) in [5.41, 5.74) is 6.69. The molecule has 0 saturated heterocycles. The number of carbonyl (C=O) groups is 1. The Balaban J connectivity index is 1.28. The highest BCUT2D eigenvalue weighted by molar-refractivity contribution is 5.94. The molecular formula is C37H45N5O. The maximum atomic E-state index is 13.8. The van der Waals surface area contributed by atoms with Crippen LogP contribution in [0.25, 0.3) is 5.57 Å². The van der Waals surface area contributed by atoms with E-state index in [-0.39, 0.29) is 17.5 Å². The van der Waals surface area contributed by atoms with E-state index in [1.807, 2.05) is 6.07 Å². The van der Waals surface area contributed by atoms with E-state index in [9.17, 15) is 10.1 Å². The van der Waals surface area contributed by atoms with E-state index < -0.39 is 0 Å². The summed E-state index contributed by atoms with van der Waals surface area (Å²) < 4.78 is 1.66. The maximum absolute atomic E-state index is 13.8. The van der Waals surface area contributed by atoms with Crippen molar-refractivity contribution in [3.8, 4) is 6.07 Å². The molecule has 0 spiro atoms. The SMILES string of the molecule is C=C(Cn1nc(C(=C)C#N)cc1C(=O)N[C@H]1CCCCC1CCc1ccccc1)Nc1cc(C)ccc1CCC1CCC1. The van der Waals surface area contributed by atoms with E-state index in [1.54, 1.807) is 10.7 Å². The summed E-state index contributed by atoms with van der Waals surface area (Å²) in [5, 5.41) is 21.0. The molecule has 1 aromatic heterocycles. The molecule has 5 rings (SSSR count). The third-order valence-electron chi connectivity index (χ3n) is 9.29. The van der Waals surface area contributed by atoms with Crippen LogP contribution in [-0.2, 0) is 19.4 Å². The van der Waals surface area contributed by atoms with Crippen molar-refractivity contribution < 1.29 is 4.79 Å². The van der Waals surface area contributed by atoms with Crippen LogP contribution in [-0.4, -0.2) is 21.7 Å². The fourth-order valence-corrected chi connectivity index (χ4v) is 6.48. The molecule has 2 atom stereocenters. The lowest BCUT2D eigenvalue weighted by atomic mass is 9.81. The summed E-state index contributed by atoms with van der Waals surface area (Å²) in [4.78, 5) is 13.8. The molecule has 3 aromatic rings. The number of carbonyl (C=O) groups excluding carboxylic acids is 1. The molecule has 2 aliphatic carbocycles. The van der Waals surface area contributed by atoms with E-state index in [1.165, 1.54) is 48.8 Å². The smallest absolute Gasteiger partial charge is 0.269 e. The van der Waals surface area contributed by atoms with Gasteiger partial charge in [0.2, 0.25) is 0 Å². The van der Waals surface area contributed by atoms with Crippen LogP contribution >= 0.6 is 0 Å². The number of hydrogen-bond donors (Lipinski definition) is 2. The van der Waals surface area contributed by atoms with E-state index in [4.69, 9.17) is 0 Å². The van der Waals surface area contributed by atoms with Crippen molar-refractivity contribution in [2.24, 2.45) is 11.8 Å². The molecule has 2 aromatic carbocycles. The number of aryl methyl sites for hydroxylation is 3. The van der Waals surface area contributed by atoms with Crippen molar-refractivity contribution in [1.29, 1.82) is 5.26 Å². The zero-order valence-electron chi connectivity index (χ0n) is 25.6. The fraction of sp³-hybridized carbons (Fsp3) is 0.432. The first-order chi connectivity index (χ1) is 20.9. The molecule has 2 fully saturated rings. The summed E-state index contributed by atoms with van der Waals surface area (Å²) in [5.74, 6) is 1.11. The average Bonchev–Trinajstić information content (AvgIpc) is 3.40. The standard InChI is InChI=1S/C37H45N5O/c1-26-16-19-32(21-18-30-12-9-13-30)35(22-26)39-28(3)25-42-36(23-34(41-42)27(2)24-38)37(43)40-33-15-8-7-14-31(33)20-17-29-10-5-4-6-11-29/h4-6,10-11,16,19,22-23,30-31,33,39H,2-3,7-9,12-15,17-18,20-21,25H2,1H3,(H,40,43)/t31?,33-/m0/s1. The van der Waals surface area contributed by atoms with Crippen molar-refractivity contribution in [2.75, 3.05) is 5.32 Å². The second-order valence-electron chi connectivity index (χ2n) is 12.5. The first kappa shape index (κ1) is 30.4. The first-order valence-electron chi connectivity index (χ1n) is 16.0. The van der Waals surface area contributed by atoms with Crippen molar-refractivity contribution in [2.45, 2.75) is 90.1 Å². The number of hydrogen-bond acceptors (Lipinski definition) is 4. The Hall–Kier alpha value is -4.11. The zero-order valence-corrected chi connectivity index (χ0v) is 25.6. The minimum atomic E-state index is -0.161. The summed E-state index contributed by atoms with van der Waals surface area (Å²) >= 11 is 0. The van der Waals surface area contributed by atoms with Crippen molar-refractivity contribution in [1.82, 2.24) is 15.1 Å². The van der Waals surface area contributed by atoms with E-state index in [2.05, 4.69) is 84.3 Å². The van der Waals surface area contributed by atoms with Gasteiger partial charge in [0.15, 0.2) is 0 Å². The summed E-state index contributed by atoms with van der Waals surface area (Å²) in [6.07, 6.45) is 12.8. The van der Waals surface area contributed by atoms with Crippen LogP contribution < -0.4 is 10.6 Å². The highest BCUT2D eigenvalue weighted by Crippen LogP contribution is 2.32. The van der Waals surface area contributed by atoms with Gasteiger partial charge in [-0.2, -0.15) is 10.4 Å². The van der Waals surface area contributed by atoms with Gasteiger partial charge in [-0.05, 0) is 86.1 Å². The van der Waals surface area contributed by atoms with E-state index in [0.29, 0.717) is 23.9 Å². The molecule has 0 aliphatic heterocycles. The Bertz CT molecular complexity index is 1480. The number of rotatable bonds is 13. The van der Waals surface area contributed by atoms with Gasteiger partial charge in [0.25, 0.3) is 5.91 Å². The first-order valence-corrected chi connectivity index (χ1v) is 16.0. The largest absolute Gasteiger partial charge is 0.358 e. The average molecular weight is 576 g/mol. The molecule has 0 radical (unpaired) electrons. The van der Waals surface area contributed by atoms with Gasteiger partial charge >= 0.3 is 0 Å².